The lowest BCUT2D eigenvalue weighted by atomic mass is 10.1. The zero-order valence-electron chi connectivity index (χ0n) is 19.0. The van der Waals surface area contributed by atoms with Gasteiger partial charge in [-0.15, -0.1) is 0 Å². The molecule has 8 heteroatoms. The van der Waals surface area contributed by atoms with E-state index in [9.17, 15) is 13.2 Å². The SMILES string of the molecule is CCCOc1ccc(NC(=O)c2cc(S(=O)(=O)N3CCCC3)ccc2C)cc1OCCC. The third-order valence-corrected chi connectivity index (χ3v) is 7.18. The lowest BCUT2D eigenvalue weighted by Crippen LogP contribution is -2.28. The van der Waals surface area contributed by atoms with Gasteiger partial charge in [0.2, 0.25) is 10.0 Å². The summed E-state index contributed by atoms with van der Waals surface area (Å²) in [4.78, 5) is 13.2. The van der Waals surface area contributed by atoms with Crippen LogP contribution in [0.25, 0.3) is 0 Å². The molecular weight excluding hydrogens is 428 g/mol. The normalized spacial score (nSPS) is 14.3. The molecule has 0 radical (unpaired) electrons. The number of amides is 1. The molecule has 0 saturated carbocycles. The minimum atomic E-state index is -3.60. The molecule has 32 heavy (non-hydrogen) atoms. The Hall–Kier alpha value is -2.58. The Balaban J connectivity index is 1.83. The van der Waals surface area contributed by atoms with Crippen LogP contribution in [0.2, 0.25) is 0 Å². The number of aryl methyl sites for hydroxylation is 1. The summed E-state index contributed by atoms with van der Waals surface area (Å²) in [7, 11) is -3.60. The van der Waals surface area contributed by atoms with Gasteiger partial charge in [0.1, 0.15) is 0 Å². The summed E-state index contributed by atoms with van der Waals surface area (Å²) in [6.45, 7) is 7.99. The molecule has 0 aliphatic carbocycles. The average Bonchev–Trinajstić information content (AvgIpc) is 3.33. The van der Waals surface area contributed by atoms with Gasteiger partial charge in [-0.25, -0.2) is 8.42 Å². The minimum absolute atomic E-state index is 0.144. The van der Waals surface area contributed by atoms with E-state index >= 15 is 0 Å². The number of hydrogen-bond acceptors (Lipinski definition) is 5. The first-order valence-corrected chi connectivity index (χ1v) is 12.6. The molecule has 174 valence electrons. The maximum atomic E-state index is 13.0. The summed E-state index contributed by atoms with van der Waals surface area (Å²) in [6, 6.07) is 9.97. The van der Waals surface area contributed by atoms with Gasteiger partial charge in [-0.05, 0) is 62.4 Å². The molecule has 1 aliphatic heterocycles. The van der Waals surface area contributed by atoms with Crippen molar-refractivity contribution in [2.75, 3.05) is 31.6 Å². The Morgan fingerprint density at radius 1 is 0.969 bits per heavy atom. The molecule has 2 aromatic carbocycles. The molecule has 3 rings (SSSR count). The van der Waals surface area contributed by atoms with Crippen molar-refractivity contribution in [3.8, 4) is 11.5 Å². The highest BCUT2D eigenvalue weighted by molar-refractivity contribution is 7.89. The van der Waals surface area contributed by atoms with Crippen LogP contribution in [0.4, 0.5) is 5.69 Å². The number of rotatable bonds is 10. The highest BCUT2D eigenvalue weighted by Gasteiger charge is 2.28. The number of carbonyl (C=O) groups excluding carboxylic acids is 1. The van der Waals surface area contributed by atoms with Gasteiger partial charge in [0, 0.05) is 30.4 Å². The first-order valence-electron chi connectivity index (χ1n) is 11.2. The largest absolute Gasteiger partial charge is 0.490 e. The van der Waals surface area contributed by atoms with Gasteiger partial charge in [0.15, 0.2) is 11.5 Å². The monoisotopic (exact) mass is 460 g/mol. The molecule has 1 amide bonds. The molecule has 2 aromatic rings. The number of sulfonamides is 1. The maximum Gasteiger partial charge on any atom is 0.255 e. The lowest BCUT2D eigenvalue weighted by Gasteiger charge is -2.17. The Kier molecular flexibility index (Phi) is 8.15. The van der Waals surface area contributed by atoms with Crippen LogP contribution in [0.3, 0.4) is 0 Å². The van der Waals surface area contributed by atoms with E-state index < -0.39 is 10.0 Å². The molecule has 1 saturated heterocycles. The number of benzene rings is 2. The maximum absolute atomic E-state index is 13.0. The summed E-state index contributed by atoms with van der Waals surface area (Å²) < 4.78 is 38.8. The van der Waals surface area contributed by atoms with E-state index in [4.69, 9.17) is 9.47 Å². The number of ether oxygens (including phenoxy) is 2. The van der Waals surface area contributed by atoms with Crippen LogP contribution in [0.15, 0.2) is 41.3 Å². The summed E-state index contributed by atoms with van der Waals surface area (Å²) >= 11 is 0. The van der Waals surface area contributed by atoms with Gasteiger partial charge in [-0.1, -0.05) is 19.9 Å². The zero-order chi connectivity index (χ0) is 23.1. The molecule has 1 heterocycles. The van der Waals surface area contributed by atoms with E-state index in [0.29, 0.717) is 54.6 Å². The number of carbonyl (C=O) groups is 1. The fourth-order valence-corrected chi connectivity index (χ4v) is 5.07. The molecule has 7 nitrogen and oxygen atoms in total. The van der Waals surface area contributed by atoms with Crippen molar-refractivity contribution in [1.82, 2.24) is 4.31 Å². The molecular formula is C24H32N2O5S. The highest BCUT2D eigenvalue weighted by atomic mass is 32.2. The van der Waals surface area contributed by atoms with E-state index in [1.807, 2.05) is 13.8 Å². The number of anilines is 1. The first kappa shape index (κ1) is 24.1. The van der Waals surface area contributed by atoms with Crippen molar-refractivity contribution in [2.45, 2.75) is 51.3 Å². The topological polar surface area (TPSA) is 84.9 Å². The molecule has 0 bridgehead atoms. The Bertz CT molecular complexity index is 1050. The van der Waals surface area contributed by atoms with Crippen LogP contribution in [0.5, 0.6) is 11.5 Å². The Labute approximate surface area is 190 Å². The van der Waals surface area contributed by atoms with Gasteiger partial charge >= 0.3 is 0 Å². The van der Waals surface area contributed by atoms with Crippen LogP contribution in [-0.2, 0) is 10.0 Å². The van der Waals surface area contributed by atoms with E-state index in [2.05, 4.69) is 5.32 Å². The van der Waals surface area contributed by atoms with Crippen molar-refractivity contribution in [1.29, 1.82) is 0 Å². The van der Waals surface area contributed by atoms with Crippen LogP contribution in [0, 0.1) is 6.92 Å². The third kappa shape index (κ3) is 5.61. The zero-order valence-corrected chi connectivity index (χ0v) is 19.8. The van der Waals surface area contributed by atoms with Crippen molar-refractivity contribution in [2.24, 2.45) is 0 Å². The summed E-state index contributed by atoms with van der Waals surface area (Å²) in [5.41, 5.74) is 1.58. The molecule has 0 aromatic heterocycles. The smallest absolute Gasteiger partial charge is 0.255 e. The van der Waals surface area contributed by atoms with Crippen molar-refractivity contribution in [3.05, 3.63) is 47.5 Å². The van der Waals surface area contributed by atoms with Crippen molar-refractivity contribution in [3.63, 3.8) is 0 Å². The first-order chi connectivity index (χ1) is 15.4. The Morgan fingerprint density at radius 3 is 2.28 bits per heavy atom. The molecule has 0 spiro atoms. The van der Waals surface area contributed by atoms with Gasteiger partial charge in [0.05, 0.1) is 18.1 Å². The predicted molar refractivity (Wildman–Crippen MR) is 125 cm³/mol. The number of nitrogens with one attached hydrogen (secondary N) is 1. The quantitative estimate of drug-likeness (QED) is 0.560. The van der Waals surface area contributed by atoms with Crippen LogP contribution < -0.4 is 14.8 Å². The Morgan fingerprint density at radius 2 is 1.62 bits per heavy atom. The summed E-state index contributed by atoms with van der Waals surface area (Å²) in [5.74, 6) is 0.831. The molecule has 1 N–H and O–H groups in total. The van der Waals surface area contributed by atoms with Crippen molar-refractivity contribution < 1.29 is 22.7 Å². The predicted octanol–water partition coefficient (Wildman–Crippen LogP) is 4.61. The standard InChI is InChI=1S/C24H32N2O5S/c1-4-14-30-22-11-9-19(16-23(22)31-15-5-2)25-24(27)21-17-20(10-8-18(21)3)32(28,29)26-12-6-7-13-26/h8-11,16-17H,4-7,12-15H2,1-3H3,(H,25,27). The second-order valence-corrected chi connectivity index (χ2v) is 9.84. The van der Waals surface area contributed by atoms with Crippen LogP contribution in [-0.4, -0.2) is 44.9 Å². The van der Waals surface area contributed by atoms with Gasteiger partial charge in [0.25, 0.3) is 5.91 Å². The fraction of sp³-hybridized carbons (Fsp3) is 0.458. The average molecular weight is 461 g/mol. The number of hydrogen-bond donors (Lipinski definition) is 1. The van der Waals surface area contributed by atoms with Gasteiger partial charge < -0.3 is 14.8 Å². The summed E-state index contributed by atoms with van der Waals surface area (Å²) in [5, 5.41) is 2.86. The van der Waals surface area contributed by atoms with Gasteiger partial charge in [-0.3, -0.25) is 4.79 Å². The summed E-state index contributed by atoms with van der Waals surface area (Å²) in [6.07, 6.45) is 3.45. The minimum Gasteiger partial charge on any atom is -0.490 e. The second kappa shape index (κ2) is 10.8. The molecule has 1 fully saturated rings. The van der Waals surface area contributed by atoms with Gasteiger partial charge in [-0.2, -0.15) is 4.31 Å². The highest BCUT2D eigenvalue weighted by Crippen LogP contribution is 2.31. The molecule has 0 atom stereocenters. The van der Waals surface area contributed by atoms with E-state index in [1.165, 1.54) is 10.4 Å². The lowest BCUT2D eigenvalue weighted by molar-refractivity contribution is 0.102. The van der Waals surface area contributed by atoms with Crippen molar-refractivity contribution >= 4 is 21.6 Å². The van der Waals surface area contributed by atoms with E-state index in [-0.39, 0.29) is 10.8 Å². The van der Waals surface area contributed by atoms with Crippen LogP contribution in [0.1, 0.15) is 55.5 Å². The van der Waals surface area contributed by atoms with E-state index in [1.54, 1.807) is 37.3 Å². The van der Waals surface area contributed by atoms with Crippen LogP contribution >= 0.6 is 0 Å². The molecule has 1 aliphatic rings. The third-order valence-electron chi connectivity index (χ3n) is 5.28. The second-order valence-electron chi connectivity index (χ2n) is 7.90. The number of nitrogens with zero attached hydrogens (tertiary/aromatic N) is 1. The van der Waals surface area contributed by atoms with E-state index in [0.717, 1.165) is 25.7 Å². The molecule has 0 unspecified atom stereocenters. The fourth-order valence-electron chi connectivity index (χ4n) is 3.52.